The first-order chi connectivity index (χ1) is 14.3. The van der Waals surface area contributed by atoms with Gasteiger partial charge in [0.05, 0.1) is 23.0 Å². The van der Waals surface area contributed by atoms with Crippen molar-refractivity contribution in [2.24, 2.45) is 0 Å². The summed E-state index contributed by atoms with van der Waals surface area (Å²) in [6, 6.07) is 16.0. The highest BCUT2D eigenvalue weighted by Crippen LogP contribution is 2.27. The van der Waals surface area contributed by atoms with E-state index in [1.54, 1.807) is 10.9 Å². The van der Waals surface area contributed by atoms with Crippen molar-refractivity contribution >= 4 is 34.4 Å². The standard InChI is InChI=1S/C22H19N5OS/c28-20(26-17-10-9-15-5-4-6-16(15)11-17)13-29-22-19-12-25-27(21(19)23-14-24-22)18-7-2-1-3-8-18/h1-3,7-12,14H,4-6,13H2,(H,26,28). The van der Waals surface area contributed by atoms with Gasteiger partial charge >= 0.3 is 0 Å². The van der Waals surface area contributed by atoms with Gasteiger partial charge in [-0.2, -0.15) is 5.10 Å². The van der Waals surface area contributed by atoms with Crippen molar-refractivity contribution in [1.82, 2.24) is 19.7 Å². The van der Waals surface area contributed by atoms with Crippen molar-refractivity contribution in [3.8, 4) is 5.69 Å². The van der Waals surface area contributed by atoms with Gasteiger partial charge in [0, 0.05) is 5.69 Å². The lowest BCUT2D eigenvalue weighted by Gasteiger charge is -2.08. The molecule has 5 rings (SSSR count). The maximum Gasteiger partial charge on any atom is 0.234 e. The van der Waals surface area contributed by atoms with Crippen molar-refractivity contribution in [2.75, 3.05) is 11.1 Å². The van der Waals surface area contributed by atoms with Crippen LogP contribution in [0.4, 0.5) is 5.69 Å². The van der Waals surface area contributed by atoms with Gasteiger partial charge in [0.2, 0.25) is 5.91 Å². The molecule has 1 aliphatic carbocycles. The summed E-state index contributed by atoms with van der Waals surface area (Å²) in [7, 11) is 0. The Morgan fingerprint density at radius 2 is 1.93 bits per heavy atom. The highest BCUT2D eigenvalue weighted by Gasteiger charge is 2.14. The maximum atomic E-state index is 12.5. The van der Waals surface area contributed by atoms with Crippen molar-refractivity contribution < 1.29 is 4.79 Å². The Labute approximate surface area is 172 Å². The van der Waals surface area contributed by atoms with Crippen LogP contribution >= 0.6 is 11.8 Å². The van der Waals surface area contributed by atoms with E-state index in [4.69, 9.17) is 0 Å². The fourth-order valence-corrected chi connectivity index (χ4v) is 4.44. The Morgan fingerprint density at radius 3 is 2.83 bits per heavy atom. The van der Waals surface area contributed by atoms with Crippen molar-refractivity contribution in [3.05, 3.63) is 72.2 Å². The van der Waals surface area contributed by atoms with E-state index in [0.717, 1.165) is 40.3 Å². The molecule has 0 bridgehead atoms. The summed E-state index contributed by atoms with van der Waals surface area (Å²) in [5.74, 6) is 0.231. The predicted molar refractivity (Wildman–Crippen MR) is 114 cm³/mol. The molecule has 144 valence electrons. The van der Waals surface area contributed by atoms with E-state index in [9.17, 15) is 4.79 Å². The van der Waals surface area contributed by atoms with Crippen LogP contribution in [0.1, 0.15) is 17.5 Å². The van der Waals surface area contributed by atoms with Gasteiger partial charge in [0.15, 0.2) is 5.65 Å². The van der Waals surface area contributed by atoms with E-state index in [0.29, 0.717) is 0 Å². The van der Waals surface area contributed by atoms with Gasteiger partial charge in [-0.15, -0.1) is 0 Å². The van der Waals surface area contributed by atoms with E-state index >= 15 is 0 Å². The second kappa shape index (κ2) is 7.67. The van der Waals surface area contributed by atoms with Crippen LogP contribution in [0.5, 0.6) is 0 Å². The van der Waals surface area contributed by atoms with Crippen molar-refractivity contribution in [3.63, 3.8) is 0 Å². The molecule has 2 heterocycles. The fraction of sp³-hybridized carbons (Fsp3) is 0.182. The monoisotopic (exact) mass is 401 g/mol. The molecule has 1 N–H and O–H groups in total. The molecule has 0 saturated heterocycles. The maximum absolute atomic E-state index is 12.5. The Hall–Kier alpha value is -3.19. The van der Waals surface area contributed by atoms with Gasteiger partial charge in [-0.3, -0.25) is 4.79 Å². The highest BCUT2D eigenvalue weighted by molar-refractivity contribution is 8.00. The van der Waals surface area contributed by atoms with Gasteiger partial charge < -0.3 is 5.32 Å². The second-order valence-electron chi connectivity index (χ2n) is 6.98. The highest BCUT2D eigenvalue weighted by atomic mass is 32.2. The molecular formula is C22H19N5OS. The van der Waals surface area contributed by atoms with Crippen LogP contribution in [-0.4, -0.2) is 31.4 Å². The van der Waals surface area contributed by atoms with Crippen LogP contribution in [0.15, 0.2) is 66.1 Å². The Morgan fingerprint density at radius 1 is 1.07 bits per heavy atom. The Kier molecular flexibility index (Phi) is 4.73. The summed E-state index contributed by atoms with van der Waals surface area (Å²) in [5, 5.41) is 9.04. The number of hydrogen-bond acceptors (Lipinski definition) is 5. The summed E-state index contributed by atoms with van der Waals surface area (Å²) in [4.78, 5) is 21.2. The van der Waals surface area contributed by atoms with E-state index in [2.05, 4.69) is 32.5 Å². The molecule has 2 aromatic carbocycles. The lowest BCUT2D eigenvalue weighted by molar-refractivity contribution is -0.113. The first-order valence-corrected chi connectivity index (χ1v) is 10.5. The zero-order valence-corrected chi connectivity index (χ0v) is 16.5. The quantitative estimate of drug-likeness (QED) is 0.404. The normalized spacial score (nSPS) is 12.8. The van der Waals surface area contributed by atoms with Crippen LogP contribution in [-0.2, 0) is 17.6 Å². The molecule has 1 amide bonds. The number of fused-ring (bicyclic) bond motifs is 2. The number of carbonyl (C=O) groups excluding carboxylic acids is 1. The Balaban J connectivity index is 1.31. The molecule has 6 nitrogen and oxygen atoms in total. The third-order valence-corrected chi connectivity index (χ3v) is 6.06. The number of benzene rings is 2. The number of thioether (sulfide) groups is 1. The molecule has 0 unspecified atom stereocenters. The van der Waals surface area contributed by atoms with Gasteiger partial charge in [0.25, 0.3) is 0 Å². The van der Waals surface area contributed by atoms with E-state index in [1.165, 1.54) is 35.6 Å². The van der Waals surface area contributed by atoms with E-state index < -0.39 is 0 Å². The van der Waals surface area contributed by atoms with Gasteiger partial charge in [-0.25, -0.2) is 14.6 Å². The van der Waals surface area contributed by atoms with E-state index in [-0.39, 0.29) is 11.7 Å². The second-order valence-corrected chi connectivity index (χ2v) is 7.95. The van der Waals surface area contributed by atoms with Crippen LogP contribution in [0.25, 0.3) is 16.7 Å². The molecular weight excluding hydrogens is 382 g/mol. The van der Waals surface area contributed by atoms with Crippen LogP contribution in [0, 0.1) is 0 Å². The zero-order chi connectivity index (χ0) is 19.6. The summed E-state index contributed by atoms with van der Waals surface area (Å²) >= 11 is 1.39. The average Bonchev–Trinajstić information content (AvgIpc) is 3.39. The van der Waals surface area contributed by atoms with Crippen LogP contribution in [0.2, 0.25) is 0 Å². The topological polar surface area (TPSA) is 72.7 Å². The first-order valence-electron chi connectivity index (χ1n) is 9.56. The smallest absolute Gasteiger partial charge is 0.234 e. The first kappa shape index (κ1) is 17.9. The van der Waals surface area contributed by atoms with Gasteiger partial charge in [0.1, 0.15) is 11.4 Å². The van der Waals surface area contributed by atoms with Gasteiger partial charge in [-0.1, -0.05) is 36.0 Å². The zero-order valence-electron chi connectivity index (χ0n) is 15.7. The largest absolute Gasteiger partial charge is 0.325 e. The number of anilines is 1. The van der Waals surface area contributed by atoms with Gasteiger partial charge in [-0.05, 0) is 54.7 Å². The molecule has 4 aromatic rings. The minimum absolute atomic E-state index is 0.0461. The number of nitrogens with zero attached hydrogens (tertiary/aromatic N) is 4. The summed E-state index contributed by atoms with van der Waals surface area (Å²) in [5.41, 5.74) is 5.28. The molecule has 7 heteroatoms. The molecule has 0 fully saturated rings. The van der Waals surface area contributed by atoms with Crippen LogP contribution in [0.3, 0.4) is 0 Å². The number of para-hydroxylation sites is 1. The van der Waals surface area contributed by atoms with Crippen molar-refractivity contribution in [2.45, 2.75) is 24.3 Å². The van der Waals surface area contributed by atoms with Crippen molar-refractivity contribution in [1.29, 1.82) is 0 Å². The summed E-state index contributed by atoms with van der Waals surface area (Å²) in [6.07, 6.45) is 6.70. The molecule has 29 heavy (non-hydrogen) atoms. The third kappa shape index (κ3) is 3.61. The van der Waals surface area contributed by atoms with E-state index in [1.807, 2.05) is 36.4 Å². The average molecular weight is 401 g/mol. The molecule has 1 aliphatic rings. The SMILES string of the molecule is O=C(CSc1ncnc2c1cnn2-c1ccccc1)Nc1ccc2c(c1)CCC2. The minimum atomic E-state index is -0.0461. The molecule has 0 atom stereocenters. The third-order valence-electron chi connectivity index (χ3n) is 5.05. The fourth-order valence-electron chi connectivity index (χ4n) is 3.68. The number of hydrogen-bond donors (Lipinski definition) is 1. The number of carbonyl (C=O) groups is 1. The number of aryl methyl sites for hydroxylation is 2. The summed E-state index contributed by atoms with van der Waals surface area (Å²) < 4.78 is 1.78. The summed E-state index contributed by atoms with van der Waals surface area (Å²) in [6.45, 7) is 0. The molecule has 2 aromatic heterocycles. The van der Waals surface area contributed by atoms with Crippen LogP contribution < -0.4 is 5.32 Å². The molecule has 0 aliphatic heterocycles. The number of nitrogens with one attached hydrogen (secondary N) is 1. The number of aromatic nitrogens is 4. The predicted octanol–water partition coefficient (Wildman–Crippen LogP) is 4.04. The Bertz CT molecular complexity index is 1190. The lowest BCUT2D eigenvalue weighted by atomic mass is 10.1. The molecule has 0 saturated carbocycles. The molecule has 0 spiro atoms. The lowest BCUT2D eigenvalue weighted by Crippen LogP contribution is -2.14. The number of amides is 1. The minimum Gasteiger partial charge on any atom is -0.325 e. The molecule has 0 radical (unpaired) electrons. The number of rotatable bonds is 5.